The van der Waals surface area contributed by atoms with Crippen LogP contribution in [0.5, 0.6) is 0 Å². The summed E-state index contributed by atoms with van der Waals surface area (Å²) >= 11 is 0. The number of rotatable bonds is 1. The summed E-state index contributed by atoms with van der Waals surface area (Å²) in [5.74, 6) is 0. The first-order chi connectivity index (χ1) is 8.78. The molecule has 0 saturated heterocycles. The van der Waals surface area contributed by atoms with Crippen molar-refractivity contribution >= 4 is 5.65 Å². The first-order valence-electron chi connectivity index (χ1n) is 5.46. The molecule has 0 N–H and O–H groups in total. The average Bonchev–Trinajstić information content (AvgIpc) is 2.81. The van der Waals surface area contributed by atoms with E-state index >= 15 is 0 Å². The van der Waals surface area contributed by atoms with Crippen LogP contribution in [0.25, 0.3) is 16.9 Å². The molecule has 0 unspecified atom stereocenters. The van der Waals surface area contributed by atoms with E-state index in [1.165, 1.54) is 10.7 Å². The molecule has 0 aliphatic carbocycles. The number of hydrogen-bond donors (Lipinski definition) is 0. The van der Waals surface area contributed by atoms with E-state index < -0.39 is 0 Å². The van der Waals surface area contributed by atoms with Gasteiger partial charge in [-0.3, -0.25) is 0 Å². The van der Waals surface area contributed by atoms with Crippen molar-refractivity contribution in [3.05, 3.63) is 47.8 Å². The molecule has 5 heteroatoms. The standard InChI is InChI=1S/C13H9N5/c1-9-3-2-4-11(5-9)12-13-15-7-10(6-14)8-18(13)17-16-12/h2-5,7-8H,1H3. The van der Waals surface area contributed by atoms with Crippen LogP contribution in [0.4, 0.5) is 0 Å². The summed E-state index contributed by atoms with van der Waals surface area (Å²) in [6.07, 6.45) is 3.15. The first kappa shape index (κ1) is 10.4. The highest BCUT2D eigenvalue weighted by Crippen LogP contribution is 2.21. The number of nitriles is 1. The van der Waals surface area contributed by atoms with Gasteiger partial charge in [0.25, 0.3) is 0 Å². The van der Waals surface area contributed by atoms with Gasteiger partial charge in [-0.25, -0.2) is 9.50 Å². The molecule has 0 atom stereocenters. The third-order valence-corrected chi connectivity index (χ3v) is 2.68. The Morgan fingerprint density at radius 1 is 1.33 bits per heavy atom. The van der Waals surface area contributed by atoms with Crippen molar-refractivity contribution in [2.75, 3.05) is 0 Å². The number of aryl methyl sites for hydroxylation is 1. The average molecular weight is 235 g/mol. The van der Waals surface area contributed by atoms with Crippen molar-refractivity contribution < 1.29 is 0 Å². The van der Waals surface area contributed by atoms with E-state index in [9.17, 15) is 0 Å². The molecule has 86 valence electrons. The van der Waals surface area contributed by atoms with E-state index in [1.807, 2.05) is 37.3 Å². The molecule has 3 rings (SSSR count). The molecule has 0 bridgehead atoms. The summed E-state index contributed by atoms with van der Waals surface area (Å²) < 4.78 is 1.52. The van der Waals surface area contributed by atoms with E-state index in [0.717, 1.165) is 16.8 Å². The molecule has 5 nitrogen and oxygen atoms in total. The molecule has 3 aromatic rings. The second-order valence-corrected chi connectivity index (χ2v) is 4.03. The fourth-order valence-corrected chi connectivity index (χ4v) is 1.83. The predicted molar refractivity (Wildman–Crippen MR) is 65.7 cm³/mol. The largest absolute Gasteiger partial charge is 0.234 e. The van der Waals surface area contributed by atoms with Crippen LogP contribution in [-0.2, 0) is 0 Å². The van der Waals surface area contributed by atoms with E-state index in [0.29, 0.717) is 11.2 Å². The van der Waals surface area contributed by atoms with Gasteiger partial charge in [0.05, 0.1) is 11.8 Å². The lowest BCUT2D eigenvalue weighted by Crippen LogP contribution is -1.91. The minimum atomic E-state index is 0.461. The minimum Gasteiger partial charge on any atom is -0.234 e. The molecule has 1 aromatic carbocycles. The number of nitrogens with zero attached hydrogens (tertiary/aromatic N) is 5. The van der Waals surface area contributed by atoms with Gasteiger partial charge in [-0.05, 0) is 13.0 Å². The van der Waals surface area contributed by atoms with Crippen LogP contribution in [0.15, 0.2) is 36.7 Å². The lowest BCUT2D eigenvalue weighted by molar-refractivity contribution is 0.845. The van der Waals surface area contributed by atoms with Crippen molar-refractivity contribution in [3.63, 3.8) is 0 Å². The maximum absolute atomic E-state index is 8.81. The minimum absolute atomic E-state index is 0.461. The molecule has 0 fully saturated rings. The monoisotopic (exact) mass is 235 g/mol. The molecule has 0 spiro atoms. The molecule has 2 heterocycles. The Morgan fingerprint density at radius 3 is 3.00 bits per heavy atom. The van der Waals surface area contributed by atoms with Crippen molar-refractivity contribution in [1.82, 2.24) is 19.8 Å². The summed E-state index contributed by atoms with van der Waals surface area (Å²) in [5.41, 5.74) is 3.97. The van der Waals surface area contributed by atoms with Gasteiger partial charge >= 0.3 is 0 Å². The fraction of sp³-hybridized carbons (Fsp3) is 0.0769. The SMILES string of the molecule is Cc1cccc(-c2nnn3cc(C#N)cnc23)c1. The van der Waals surface area contributed by atoms with E-state index in [1.54, 1.807) is 6.20 Å². The summed E-state index contributed by atoms with van der Waals surface area (Å²) in [7, 11) is 0. The molecular formula is C13H9N5. The third kappa shape index (κ3) is 1.60. The van der Waals surface area contributed by atoms with Crippen molar-refractivity contribution in [1.29, 1.82) is 5.26 Å². The highest BCUT2D eigenvalue weighted by atomic mass is 15.4. The van der Waals surface area contributed by atoms with Gasteiger partial charge in [-0.1, -0.05) is 29.0 Å². The molecule has 0 saturated carbocycles. The summed E-state index contributed by atoms with van der Waals surface area (Å²) in [4.78, 5) is 4.23. The van der Waals surface area contributed by atoms with Crippen LogP contribution in [0.1, 0.15) is 11.1 Å². The summed E-state index contributed by atoms with van der Waals surface area (Å²) in [6.45, 7) is 2.02. The Hall–Kier alpha value is -2.74. The predicted octanol–water partition coefficient (Wildman–Crippen LogP) is 1.97. The zero-order valence-corrected chi connectivity index (χ0v) is 9.70. The zero-order valence-electron chi connectivity index (χ0n) is 9.70. The van der Waals surface area contributed by atoms with E-state index in [4.69, 9.17) is 5.26 Å². The maximum atomic E-state index is 8.81. The number of benzene rings is 1. The first-order valence-corrected chi connectivity index (χ1v) is 5.46. The number of fused-ring (bicyclic) bond motifs is 1. The quantitative estimate of drug-likeness (QED) is 0.646. The normalized spacial score (nSPS) is 10.4. The third-order valence-electron chi connectivity index (χ3n) is 2.68. The zero-order chi connectivity index (χ0) is 12.5. The maximum Gasteiger partial charge on any atom is 0.183 e. The van der Waals surface area contributed by atoms with E-state index in [2.05, 4.69) is 15.3 Å². The Kier molecular flexibility index (Phi) is 2.27. The van der Waals surface area contributed by atoms with Gasteiger partial charge in [-0.2, -0.15) is 5.26 Å². The Balaban J connectivity index is 2.22. The molecule has 18 heavy (non-hydrogen) atoms. The van der Waals surface area contributed by atoms with Gasteiger partial charge in [0.2, 0.25) is 0 Å². The highest BCUT2D eigenvalue weighted by molar-refractivity contribution is 5.73. The lowest BCUT2D eigenvalue weighted by Gasteiger charge is -1.98. The summed E-state index contributed by atoms with van der Waals surface area (Å²) in [5, 5.41) is 16.9. The van der Waals surface area contributed by atoms with Crippen LogP contribution in [0.2, 0.25) is 0 Å². The summed E-state index contributed by atoms with van der Waals surface area (Å²) in [6, 6.07) is 10.0. The van der Waals surface area contributed by atoms with Gasteiger partial charge in [0.15, 0.2) is 5.65 Å². The van der Waals surface area contributed by atoms with Crippen molar-refractivity contribution in [2.24, 2.45) is 0 Å². The van der Waals surface area contributed by atoms with Crippen LogP contribution in [0.3, 0.4) is 0 Å². The molecule has 0 aliphatic heterocycles. The molecular weight excluding hydrogens is 226 g/mol. The Bertz CT molecular complexity index is 766. The van der Waals surface area contributed by atoms with E-state index in [-0.39, 0.29) is 0 Å². The van der Waals surface area contributed by atoms with Crippen LogP contribution in [0, 0.1) is 18.3 Å². The van der Waals surface area contributed by atoms with Crippen molar-refractivity contribution in [3.8, 4) is 17.3 Å². The molecule has 0 radical (unpaired) electrons. The molecule has 0 amide bonds. The molecule has 2 aromatic heterocycles. The Labute approximate surface area is 103 Å². The second kappa shape index (κ2) is 3.93. The highest BCUT2D eigenvalue weighted by Gasteiger charge is 2.10. The number of aromatic nitrogens is 4. The van der Waals surface area contributed by atoms with Crippen LogP contribution < -0.4 is 0 Å². The van der Waals surface area contributed by atoms with Gasteiger partial charge < -0.3 is 0 Å². The van der Waals surface area contributed by atoms with Gasteiger partial charge in [0, 0.05) is 11.8 Å². The smallest absolute Gasteiger partial charge is 0.183 e. The van der Waals surface area contributed by atoms with Crippen molar-refractivity contribution in [2.45, 2.75) is 6.92 Å². The number of hydrogen-bond acceptors (Lipinski definition) is 4. The Morgan fingerprint density at radius 2 is 2.22 bits per heavy atom. The lowest BCUT2D eigenvalue weighted by atomic mass is 10.1. The molecule has 0 aliphatic rings. The fourth-order valence-electron chi connectivity index (χ4n) is 1.83. The van der Waals surface area contributed by atoms with Crippen LogP contribution in [-0.4, -0.2) is 19.8 Å². The van der Waals surface area contributed by atoms with Gasteiger partial charge in [-0.15, -0.1) is 5.10 Å². The topological polar surface area (TPSA) is 66.9 Å². The van der Waals surface area contributed by atoms with Gasteiger partial charge in [0.1, 0.15) is 11.8 Å². The second-order valence-electron chi connectivity index (χ2n) is 4.03. The van der Waals surface area contributed by atoms with Crippen LogP contribution >= 0.6 is 0 Å².